The second-order valence-corrected chi connectivity index (χ2v) is 9.42. The van der Waals surface area contributed by atoms with Crippen LogP contribution in [0.4, 0.5) is 5.95 Å². The van der Waals surface area contributed by atoms with E-state index in [-0.39, 0.29) is 17.6 Å². The van der Waals surface area contributed by atoms with Crippen LogP contribution in [0.1, 0.15) is 53.8 Å². The third kappa shape index (κ3) is 3.96. The normalized spacial score (nSPS) is 20.8. The van der Waals surface area contributed by atoms with Crippen molar-refractivity contribution in [3.05, 3.63) is 47.3 Å². The maximum Gasteiger partial charge on any atom is 0.225 e. The minimum atomic E-state index is -0.466. The van der Waals surface area contributed by atoms with Gasteiger partial charge in [0.1, 0.15) is 11.4 Å². The number of ketones is 1. The van der Waals surface area contributed by atoms with Gasteiger partial charge in [-0.1, -0.05) is 12.1 Å². The van der Waals surface area contributed by atoms with Gasteiger partial charge in [-0.2, -0.15) is 0 Å². The Kier molecular flexibility index (Phi) is 5.35. The van der Waals surface area contributed by atoms with Crippen LogP contribution in [-0.2, 0) is 4.79 Å². The minimum absolute atomic E-state index is 0.0424. The molecule has 0 unspecified atom stereocenters. The first kappa shape index (κ1) is 20.9. The number of ether oxygens (including phenoxy) is 1. The summed E-state index contributed by atoms with van der Waals surface area (Å²) in [4.78, 5) is 39.1. The molecular formula is C25H30N4O3. The average Bonchev–Trinajstić information content (AvgIpc) is 2.79. The summed E-state index contributed by atoms with van der Waals surface area (Å²) in [5.41, 5.74) is 2.15. The molecule has 168 valence electrons. The van der Waals surface area contributed by atoms with Crippen molar-refractivity contribution in [1.29, 1.82) is 0 Å². The number of fused-ring (bicyclic) bond motifs is 1. The fourth-order valence-electron chi connectivity index (χ4n) is 5.29. The largest absolute Gasteiger partial charge is 0.486 e. The van der Waals surface area contributed by atoms with E-state index in [0.29, 0.717) is 43.7 Å². The topological polar surface area (TPSA) is 75.6 Å². The van der Waals surface area contributed by atoms with Crippen LogP contribution in [0.3, 0.4) is 0 Å². The second kappa shape index (κ2) is 8.19. The van der Waals surface area contributed by atoms with Gasteiger partial charge in [-0.05, 0) is 44.9 Å². The number of rotatable bonds is 2. The lowest BCUT2D eigenvalue weighted by molar-refractivity contribution is -0.139. The monoisotopic (exact) mass is 434 g/mol. The molecule has 4 heterocycles. The van der Waals surface area contributed by atoms with E-state index in [1.54, 1.807) is 0 Å². The maximum absolute atomic E-state index is 13.2. The molecule has 2 fully saturated rings. The van der Waals surface area contributed by atoms with E-state index in [1.807, 2.05) is 49.1 Å². The summed E-state index contributed by atoms with van der Waals surface area (Å²) in [7, 11) is 0. The van der Waals surface area contributed by atoms with Crippen molar-refractivity contribution >= 4 is 17.6 Å². The Morgan fingerprint density at radius 1 is 1.03 bits per heavy atom. The molecule has 2 aromatic rings. The number of carbonyl (C=O) groups is 2. The minimum Gasteiger partial charge on any atom is -0.486 e. The van der Waals surface area contributed by atoms with Crippen molar-refractivity contribution in [3.63, 3.8) is 0 Å². The molecule has 32 heavy (non-hydrogen) atoms. The molecule has 2 saturated heterocycles. The third-order valence-corrected chi connectivity index (χ3v) is 7.08. The van der Waals surface area contributed by atoms with Crippen LogP contribution in [0.15, 0.2) is 30.3 Å². The molecule has 3 aliphatic rings. The molecule has 3 aliphatic heterocycles. The maximum atomic E-state index is 13.2. The standard InChI is InChI=1S/C25H30N4O3/c1-17-15-18(2)27-24(26-17)29-11-7-19(8-12-29)23(31)28-13-9-25(10-14-28)16-21(30)20-5-3-4-6-22(20)32-25/h3-6,15,19H,7-14,16H2,1-2H3. The van der Waals surface area contributed by atoms with Gasteiger partial charge in [0.05, 0.1) is 12.0 Å². The Balaban J connectivity index is 1.18. The lowest BCUT2D eigenvalue weighted by Crippen LogP contribution is -2.53. The van der Waals surface area contributed by atoms with E-state index in [0.717, 1.165) is 43.3 Å². The number of anilines is 1. The lowest BCUT2D eigenvalue weighted by Gasteiger charge is -2.45. The molecule has 1 spiro atoms. The number of aromatic nitrogens is 2. The van der Waals surface area contributed by atoms with Gasteiger partial charge >= 0.3 is 0 Å². The number of Topliss-reactive ketones (excluding diaryl/α,β-unsaturated/α-hetero) is 1. The van der Waals surface area contributed by atoms with Gasteiger partial charge in [0, 0.05) is 56.3 Å². The van der Waals surface area contributed by atoms with Crippen molar-refractivity contribution < 1.29 is 14.3 Å². The van der Waals surface area contributed by atoms with Crippen molar-refractivity contribution in [3.8, 4) is 5.75 Å². The van der Waals surface area contributed by atoms with E-state index in [9.17, 15) is 9.59 Å². The van der Waals surface area contributed by atoms with E-state index >= 15 is 0 Å². The molecule has 1 amide bonds. The zero-order chi connectivity index (χ0) is 22.3. The fraction of sp³-hybridized carbons (Fsp3) is 0.520. The number of aryl methyl sites for hydroxylation is 2. The van der Waals surface area contributed by atoms with Crippen LogP contribution in [0.2, 0.25) is 0 Å². The first-order valence-corrected chi connectivity index (χ1v) is 11.6. The first-order chi connectivity index (χ1) is 15.4. The van der Waals surface area contributed by atoms with Gasteiger partial charge < -0.3 is 14.5 Å². The van der Waals surface area contributed by atoms with E-state index in [1.165, 1.54) is 0 Å². The van der Waals surface area contributed by atoms with E-state index < -0.39 is 5.60 Å². The smallest absolute Gasteiger partial charge is 0.225 e. The SMILES string of the molecule is Cc1cc(C)nc(N2CCC(C(=O)N3CCC4(CC3)CC(=O)c3ccccc3O4)CC2)n1. The Bertz CT molecular complexity index is 1020. The summed E-state index contributed by atoms with van der Waals surface area (Å²) < 4.78 is 6.31. The van der Waals surface area contributed by atoms with Crippen LogP contribution < -0.4 is 9.64 Å². The van der Waals surface area contributed by atoms with Gasteiger partial charge in [-0.15, -0.1) is 0 Å². The summed E-state index contributed by atoms with van der Waals surface area (Å²) in [6.45, 7) is 6.86. The highest BCUT2D eigenvalue weighted by atomic mass is 16.5. The van der Waals surface area contributed by atoms with Crippen LogP contribution in [0.5, 0.6) is 5.75 Å². The number of carbonyl (C=O) groups excluding carboxylic acids is 2. The fourth-order valence-corrected chi connectivity index (χ4v) is 5.29. The number of nitrogens with zero attached hydrogens (tertiary/aromatic N) is 4. The summed E-state index contributed by atoms with van der Waals surface area (Å²) >= 11 is 0. The molecule has 7 heteroatoms. The molecule has 0 aliphatic carbocycles. The molecule has 0 N–H and O–H groups in total. The zero-order valence-electron chi connectivity index (χ0n) is 18.8. The number of amides is 1. The molecule has 0 radical (unpaired) electrons. The van der Waals surface area contributed by atoms with Crippen LogP contribution in [0, 0.1) is 19.8 Å². The Morgan fingerprint density at radius 2 is 1.69 bits per heavy atom. The highest BCUT2D eigenvalue weighted by molar-refractivity contribution is 6.00. The van der Waals surface area contributed by atoms with Crippen molar-refractivity contribution in [2.45, 2.75) is 51.6 Å². The zero-order valence-corrected chi connectivity index (χ0v) is 18.8. The summed E-state index contributed by atoms with van der Waals surface area (Å²) in [5, 5.41) is 0. The van der Waals surface area contributed by atoms with Gasteiger partial charge in [0.15, 0.2) is 5.78 Å². The van der Waals surface area contributed by atoms with Crippen LogP contribution >= 0.6 is 0 Å². The predicted octanol–water partition coefficient (Wildman–Crippen LogP) is 3.34. The molecule has 5 rings (SSSR count). The highest BCUT2D eigenvalue weighted by Crippen LogP contribution is 2.39. The van der Waals surface area contributed by atoms with E-state index in [4.69, 9.17) is 4.74 Å². The number of para-hydroxylation sites is 1. The Morgan fingerprint density at radius 3 is 2.38 bits per heavy atom. The third-order valence-electron chi connectivity index (χ3n) is 7.08. The number of benzene rings is 1. The van der Waals surface area contributed by atoms with Gasteiger partial charge in [0.25, 0.3) is 0 Å². The van der Waals surface area contributed by atoms with Gasteiger partial charge in [-0.3, -0.25) is 9.59 Å². The molecular weight excluding hydrogens is 404 g/mol. The molecule has 1 aromatic heterocycles. The average molecular weight is 435 g/mol. The Hall–Kier alpha value is -2.96. The number of hydrogen-bond donors (Lipinski definition) is 0. The quantitative estimate of drug-likeness (QED) is 0.722. The summed E-state index contributed by atoms with van der Waals surface area (Å²) in [6.07, 6.45) is 3.45. The van der Waals surface area contributed by atoms with Crippen molar-refractivity contribution in [2.75, 3.05) is 31.1 Å². The second-order valence-electron chi connectivity index (χ2n) is 9.42. The van der Waals surface area contributed by atoms with Gasteiger partial charge in [-0.25, -0.2) is 9.97 Å². The lowest BCUT2D eigenvalue weighted by atomic mass is 9.82. The van der Waals surface area contributed by atoms with Gasteiger partial charge in [0.2, 0.25) is 11.9 Å². The van der Waals surface area contributed by atoms with Crippen molar-refractivity contribution in [2.24, 2.45) is 5.92 Å². The summed E-state index contributed by atoms with van der Waals surface area (Å²) in [5.74, 6) is 1.88. The molecule has 0 bridgehead atoms. The number of piperidine rings is 2. The first-order valence-electron chi connectivity index (χ1n) is 11.6. The van der Waals surface area contributed by atoms with Crippen LogP contribution in [0.25, 0.3) is 0 Å². The Labute approximate surface area is 188 Å². The molecule has 7 nitrogen and oxygen atoms in total. The molecule has 1 aromatic carbocycles. The van der Waals surface area contributed by atoms with E-state index in [2.05, 4.69) is 14.9 Å². The molecule has 0 atom stereocenters. The number of hydrogen-bond acceptors (Lipinski definition) is 6. The number of likely N-dealkylation sites (tertiary alicyclic amines) is 1. The summed E-state index contributed by atoms with van der Waals surface area (Å²) in [6, 6.07) is 9.46. The highest BCUT2D eigenvalue weighted by Gasteiger charge is 2.44. The van der Waals surface area contributed by atoms with Crippen LogP contribution in [-0.4, -0.2) is 58.3 Å². The predicted molar refractivity (Wildman–Crippen MR) is 121 cm³/mol. The molecule has 0 saturated carbocycles. The van der Waals surface area contributed by atoms with Crippen molar-refractivity contribution in [1.82, 2.24) is 14.9 Å².